The normalized spacial score (nSPS) is 16.6. The Hall–Kier alpha value is -1.84. The van der Waals surface area contributed by atoms with E-state index in [1.165, 1.54) is 0 Å². The largest absolute Gasteiger partial charge is 0.458 e. The Labute approximate surface area is 126 Å². The highest BCUT2D eigenvalue weighted by Gasteiger charge is 2.54. The lowest BCUT2D eigenvalue weighted by molar-refractivity contribution is -0.139. The SMILES string of the molecule is CC/C=C\COC(=O)C1=C(C(=O)OC/C=C\CC)C1(C)C. The second kappa shape index (κ2) is 7.81. The maximum Gasteiger partial charge on any atom is 0.335 e. The Kier molecular flexibility index (Phi) is 6.40. The molecule has 0 amide bonds. The van der Waals surface area contributed by atoms with E-state index in [4.69, 9.17) is 9.47 Å². The fraction of sp³-hybridized carbons (Fsp3) is 0.529. The van der Waals surface area contributed by atoms with Gasteiger partial charge < -0.3 is 9.47 Å². The molecule has 0 heterocycles. The van der Waals surface area contributed by atoms with Crippen molar-refractivity contribution in [3.05, 3.63) is 35.5 Å². The molecule has 0 saturated heterocycles. The Morgan fingerprint density at radius 3 is 1.57 bits per heavy atom. The van der Waals surface area contributed by atoms with Gasteiger partial charge in [-0.05, 0) is 12.8 Å². The van der Waals surface area contributed by atoms with E-state index in [9.17, 15) is 9.59 Å². The summed E-state index contributed by atoms with van der Waals surface area (Å²) < 4.78 is 10.2. The van der Waals surface area contributed by atoms with Crippen molar-refractivity contribution < 1.29 is 19.1 Å². The van der Waals surface area contributed by atoms with Crippen LogP contribution in [0.4, 0.5) is 0 Å². The fourth-order valence-corrected chi connectivity index (χ4v) is 2.04. The first-order valence-electron chi connectivity index (χ1n) is 7.36. The summed E-state index contributed by atoms with van der Waals surface area (Å²) in [6.45, 7) is 8.12. The van der Waals surface area contributed by atoms with Gasteiger partial charge in [0.25, 0.3) is 0 Å². The van der Waals surface area contributed by atoms with E-state index in [2.05, 4.69) is 0 Å². The molecule has 0 aromatic heterocycles. The van der Waals surface area contributed by atoms with Crippen LogP contribution in [-0.4, -0.2) is 25.2 Å². The smallest absolute Gasteiger partial charge is 0.335 e. The minimum atomic E-state index is -0.545. The van der Waals surface area contributed by atoms with E-state index in [1.807, 2.05) is 39.8 Å². The molecule has 0 fully saturated rings. The van der Waals surface area contributed by atoms with Gasteiger partial charge in [-0.15, -0.1) is 0 Å². The monoisotopic (exact) mass is 292 g/mol. The fourth-order valence-electron chi connectivity index (χ4n) is 2.04. The zero-order valence-corrected chi connectivity index (χ0v) is 13.3. The molecule has 0 N–H and O–H groups in total. The van der Waals surface area contributed by atoms with Crippen molar-refractivity contribution in [1.82, 2.24) is 0 Å². The number of carbonyl (C=O) groups is 2. The maximum absolute atomic E-state index is 11.9. The van der Waals surface area contributed by atoms with Crippen molar-refractivity contribution in [3.63, 3.8) is 0 Å². The van der Waals surface area contributed by atoms with Crippen molar-refractivity contribution in [3.8, 4) is 0 Å². The van der Waals surface area contributed by atoms with Crippen LogP contribution in [0.25, 0.3) is 0 Å². The highest BCUT2D eigenvalue weighted by atomic mass is 16.5. The van der Waals surface area contributed by atoms with Crippen LogP contribution in [0.5, 0.6) is 0 Å². The van der Waals surface area contributed by atoms with Gasteiger partial charge in [0.1, 0.15) is 13.2 Å². The summed E-state index contributed by atoms with van der Waals surface area (Å²) in [6, 6.07) is 0. The molecule has 0 bridgehead atoms. The molecule has 4 nitrogen and oxygen atoms in total. The molecule has 0 radical (unpaired) electrons. The van der Waals surface area contributed by atoms with E-state index >= 15 is 0 Å². The standard InChI is InChI=1S/C17H24O4/c1-5-7-9-11-20-15(18)13-14(17(13,3)4)16(19)21-12-10-8-6-2/h7-10H,5-6,11-12H2,1-4H3/b9-7-,10-8-. The molecule has 1 aliphatic carbocycles. The molecule has 0 aromatic rings. The minimum Gasteiger partial charge on any atom is -0.458 e. The number of ether oxygens (including phenoxy) is 2. The number of esters is 2. The summed E-state index contributed by atoms with van der Waals surface area (Å²) in [5, 5.41) is 0. The average Bonchev–Trinajstić information content (AvgIpc) is 3.02. The molecule has 116 valence electrons. The van der Waals surface area contributed by atoms with Crippen molar-refractivity contribution in [2.45, 2.75) is 40.5 Å². The average molecular weight is 292 g/mol. The van der Waals surface area contributed by atoms with Crippen molar-refractivity contribution in [1.29, 1.82) is 0 Å². The lowest BCUT2D eigenvalue weighted by Crippen LogP contribution is -2.09. The molecule has 0 aliphatic heterocycles. The van der Waals surface area contributed by atoms with Gasteiger partial charge in [0.05, 0.1) is 11.1 Å². The van der Waals surface area contributed by atoms with Gasteiger partial charge in [-0.25, -0.2) is 9.59 Å². The Bertz CT molecular complexity index is 439. The molecular weight excluding hydrogens is 268 g/mol. The van der Waals surface area contributed by atoms with Gasteiger partial charge in [0.15, 0.2) is 0 Å². The van der Waals surface area contributed by atoms with E-state index < -0.39 is 17.4 Å². The van der Waals surface area contributed by atoms with E-state index in [-0.39, 0.29) is 13.2 Å². The van der Waals surface area contributed by atoms with Gasteiger partial charge in [0.2, 0.25) is 0 Å². The molecule has 0 atom stereocenters. The first-order chi connectivity index (χ1) is 9.96. The Morgan fingerprint density at radius 2 is 1.24 bits per heavy atom. The van der Waals surface area contributed by atoms with Gasteiger partial charge in [-0.3, -0.25) is 0 Å². The zero-order chi connectivity index (χ0) is 15.9. The second-order valence-corrected chi connectivity index (χ2v) is 5.33. The highest BCUT2D eigenvalue weighted by Crippen LogP contribution is 2.53. The van der Waals surface area contributed by atoms with Crippen molar-refractivity contribution in [2.75, 3.05) is 13.2 Å². The Morgan fingerprint density at radius 1 is 0.857 bits per heavy atom. The van der Waals surface area contributed by atoms with Crippen LogP contribution in [0, 0.1) is 5.41 Å². The predicted octanol–water partition coefficient (Wildman–Crippen LogP) is 3.34. The van der Waals surface area contributed by atoms with Crippen LogP contribution < -0.4 is 0 Å². The van der Waals surface area contributed by atoms with Gasteiger partial charge in [0, 0.05) is 5.41 Å². The molecule has 4 heteroatoms. The topological polar surface area (TPSA) is 52.6 Å². The van der Waals surface area contributed by atoms with Crippen LogP contribution in [-0.2, 0) is 19.1 Å². The summed E-state index contributed by atoms with van der Waals surface area (Å²) >= 11 is 0. The minimum absolute atomic E-state index is 0.230. The number of allylic oxidation sites excluding steroid dienone is 2. The van der Waals surface area contributed by atoms with Crippen LogP contribution >= 0.6 is 0 Å². The van der Waals surface area contributed by atoms with Gasteiger partial charge >= 0.3 is 11.9 Å². The van der Waals surface area contributed by atoms with Crippen LogP contribution in [0.2, 0.25) is 0 Å². The van der Waals surface area contributed by atoms with Crippen LogP contribution in [0.1, 0.15) is 40.5 Å². The number of hydrogen-bond donors (Lipinski definition) is 0. The summed E-state index contributed by atoms with van der Waals surface area (Å²) in [6.07, 6.45) is 9.23. The van der Waals surface area contributed by atoms with E-state index in [1.54, 1.807) is 12.2 Å². The summed E-state index contributed by atoms with van der Waals surface area (Å²) in [7, 11) is 0. The second-order valence-electron chi connectivity index (χ2n) is 5.33. The number of rotatable bonds is 8. The van der Waals surface area contributed by atoms with Crippen molar-refractivity contribution in [2.24, 2.45) is 5.41 Å². The molecule has 1 rings (SSSR count). The van der Waals surface area contributed by atoms with E-state index in [0.29, 0.717) is 11.1 Å². The first-order valence-corrected chi connectivity index (χ1v) is 7.36. The number of hydrogen-bond acceptors (Lipinski definition) is 4. The third-order valence-electron chi connectivity index (χ3n) is 3.27. The zero-order valence-electron chi connectivity index (χ0n) is 13.3. The molecular formula is C17H24O4. The van der Waals surface area contributed by atoms with Crippen LogP contribution in [0.15, 0.2) is 35.5 Å². The molecule has 0 saturated carbocycles. The van der Waals surface area contributed by atoms with Crippen LogP contribution in [0.3, 0.4) is 0 Å². The van der Waals surface area contributed by atoms with E-state index in [0.717, 1.165) is 12.8 Å². The molecule has 0 spiro atoms. The molecule has 1 aliphatic rings. The van der Waals surface area contributed by atoms with Crippen molar-refractivity contribution >= 4 is 11.9 Å². The lowest BCUT2D eigenvalue weighted by atomic mass is 10.0. The first kappa shape index (κ1) is 17.2. The third-order valence-corrected chi connectivity index (χ3v) is 3.27. The highest BCUT2D eigenvalue weighted by molar-refractivity contribution is 6.11. The predicted molar refractivity (Wildman–Crippen MR) is 81.6 cm³/mol. The summed E-state index contributed by atoms with van der Waals surface area (Å²) in [5.41, 5.74) is 0.311. The third kappa shape index (κ3) is 4.59. The molecule has 21 heavy (non-hydrogen) atoms. The lowest BCUT2D eigenvalue weighted by Gasteiger charge is -2.05. The van der Waals surface area contributed by atoms with Gasteiger partial charge in [-0.2, -0.15) is 0 Å². The summed E-state index contributed by atoms with van der Waals surface area (Å²) in [5.74, 6) is -0.867. The molecule has 0 aromatic carbocycles. The quantitative estimate of drug-likeness (QED) is 0.508. The Balaban J connectivity index is 2.56. The molecule has 0 unspecified atom stereocenters. The number of carbonyl (C=O) groups excluding carboxylic acids is 2. The summed E-state index contributed by atoms with van der Waals surface area (Å²) in [4.78, 5) is 23.9. The maximum atomic E-state index is 11.9. The van der Waals surface area contributed by atoms with Gasteiger partial charge in [-0.1, -0.05) is 52.0 Å².